The minimum Gasteiger partial charge on any atom is -0.496 e. The first-order chi connectivity index (χ1) is 18.1. The average Bonchev–Trinajstić information content (AvgIpc) is 3.35. The first kappa shape index (κ1) is 24.6. The van der Waals surface area contributed by atoms with Crippen LogP contribution >= 0.6 is 0 Å². The van der Waals surface area contributed by atoms with Gasteiger partial charge in [-0.25, -0.2) is 4.39 Å². The van der Waals surface area contributed by atoms with Crippen molar-refractivity contribution in [1.29, 1.82) is 5.26 Å². The molecule has 186 valence electrons. The molecule has 0 aromatic heterocycles. The van der Waals surface area contributed by atoms with E-state index in [9.17, 15) is 9.65 Å². The van der Waals surface area contributed by atoms with Gasteiger partial charge >= 0.3 is 0 Å². The van der Waals surface area contributed by atoms with Crippen LogP contribution in [-0.2, 0) is 6.42 Å². The van der Waals surface area contributed by atoms with E-state index in [1.807, 2.05) is 24.3 Å². The summed E-state index contributed by atoms with van der Waals surface area (Å²) >= 11 is 0. The van der Waals surface area contributed by atoms with Gasteiger partial charge in [-0.2, -0.15) is 5.26 Å². The van der Waals surface area contributed by atoms with Crippen molar-refractivity contribution >= 4 is 5.69 Å². The smallest absolute Gasteiger partial charge is 0.131 e. The molecule has 0 saturated carbocycles. The maximum absolute atomic E-state index is 14.4. The number of halogens is 1. The number of hydrogen-bond acceptors (Lipinski definition) is 3. The topological polar surface area (TPSA) is 36.3 Å². The fourth-order valence-electron chi connectivity index (χ4n) is 5.55. The van der Waals surface area contributed by atoms with Crippen LogP contribution in [0, 0.1) is 24.1 Å². The molecule has 1 saturated heterocycles. The summed E-state index contributed by atoms with van der Waals surface area (Å²) in [5.74, 6) is 0.958. The van der Waals surface area contributed by atoms with Crippen molar-refractivity contribution in [1.82, 2.24) is 0 Å². The van der Waals surface area contributed by atoms with Crippen LogP contribution in [0.25, 0.3) is 11.1 Å². The SMILES string of the molecule is COc1cc(-c2ccccc2F)cc(C)c1Cc1ccc(N2C[C@H](c3ccccc3)C[C@@H]2CC#N)cc1. The Balaban J connectivity index is 1.37. The Morgan fingerprint density at radius 2 is 1.70 bits per heavy atom. The number of anilines is 1. The van der Waals surface area contributed by atoms with Crippen molar-refractivity contribution < 1.29 is 9.13 Å². The first-order valence-electron chi connectivity index (χ1n) is 12.8. The molecule has 1 aliphatic heterocycles. The number of aryl methyl sites for hydroxylation is 1. The van der Waals surface area contributed by atoms with E-state index in [4.69, 9.17) is 4.74 Å². The number of benzene rings is 4. The van der Waals surface area contributed by atoms with Crippen LogP contribution in [0.2, 0.25) is 0 Å². The molecule has 0 radical (unpaired) electrons. The molecule has 1 fully saturated rings. The summed E-state index contributed by atoms with van der Waals surface area (Å²) in [6, 6.07) is 32.7. The fourth-order valence-corrected chi connectivity index (χ4v) is 5.55. The van der Waals surface area contributed by atoms with Crippen LogP contribution in [0.15, 0.2) is 91.0 Å². The van der Waals surface area contributed by atoms with Crippen molar-refractivity contribution in [2.45, 2.75) is 38.1 Å². The Bertz CT molecular complexity index is 1410. The Kier molecular flexibility index (Phi) is 7.23. The van der Waals surface area contributed by atoms with E-state index in [2.05, 4.69) is 66.4 Å². The summed E-state index contributed by atoms with van der Waals surface area (Å²) in [5.41, 5.74) is 7.23. The summed E-state index contributed by atoms with van der Waals surface area (Å²) in [7, 11) is 1.67. The van der Waals surface area contributed by atoms with E-state index in [1.165, 1.54) is 17.2 Å². The van der Waals surface area contributed by atoms with Crippen LogP contribution in [0.1, 0.15) is 41.0 Å². The minimum atomic E-state index is -0.238. The zero-order chi connectivity index (χ0) is 25.8. The van der Waals surface area contributed by atoms with E-state index in [0.29, 0.717) is 17.9 Å². The van der Waals surface area contributed by atoms with E-state index in [-0.39, 0.29) is 11.9 Å². The molecule has 0 spiro atoms. The monoisotopic (exact) mass is 490 g/mol. The van der Waals surface area contributed by atoms with Gasteiger partial charge in [0, 0.05) is 41.7 Å². The molecular formula is C33H31FN2O. The maximum atomic E-state index is 14.4. The third kappa shape index (κ3) is 5.22. The molecule has 5 rings (SSSR count). The van der Waals surface area contributed by atoms with Crippen LogP contribution in [0.5, 0.6) is 5.75 Å². The molecule has 37 heavy (non-hydrogen) atoms. The van der Waals surface area contributed by atoms with Gasteiger partial charge in [-0.1, -0.05) is 66.7 Å². The van der Waals surface area contributed by atoms with Crippen LogP contribution in [0.3, 0.4) is 0 Å². The normalized spacial score (nSPS) is 17.0. The van der Waals surface area contributed by atoms with Crippen molar-refractivity contribution in [2.75, 3.05) is 18.6 Å². The quantitative estimate of drug-likeness (QED) is 0.267. The van der Waals surface area contributed by atoms with Crippen molar-refractivity contribution in [3.05, 3.63) is 119 Å². The zero-order valence-corrected chi connectivity index (χ0v) is 21.3. The molecule has 0 aliphatic carbocycles. The van der Waals surface area contributed by atoms with Crippen molar-refractivity contribution in [3.63, 3.8) is 0 Å². The highest BCUT2D eigenvalue weighted by Crippen LogP contribution is 2.37. The molecular weight excluding hydrogens is 459 g/mol. The molecule has 3 nitrogen and oxygen atoms in total. The molecule has 2 atom stereocenters. The Morgan fingerprint density at radius 1 is 0.973 bits per heavy atom. The lowest BCUT2D eigenvalue weighted by atomic mass is 9.94. The van der Waals surface area contributed by atoms with Gasteiger partial charge in [0.15, 0.2) is 0 Å². The number of nitriles is 1. The second-order valence-corrected chi connectivity index (χ2v) is 9.81. The predicted molar refractivity (Wildman–Crippen MR) is 148 cm³/mol. The fraction of sp³-hybridized carbons (Fsp3) is 0.242. The highest BCUT2D eigenvalue weighted by Gasteiger charge is 2.32. The number of rotatable bonds is 7. The van der Waals surface area contributed by atoms with Gasteiger partial charge < -0.3 is 9.64 Å². The number of nitrogens with zero attached hydrogens (tertiary/aromatic N) is 2. The van der Waals surface area contributed by atoms with Gasteiger partial charge in [0.2, 0.25) is 0 Å². The highest BCUT2D eigenvalue weighted by atomic mass is 19.1. The molecule has 4 heteroatoms. The molecule has 0 amide bonds. The minimum absolute atomic E-state index is 0.217. The Morgan fingerprint density at radius 3 is 2.41 bits per heavy atom. The van der Waals surface area contributed by atoms with Gasteiger partial charge in [0.25, 0.3) is 0 Å². The maximum Gasteiger partial charge on any atom is 0.131 e. The van der Waals surface area contributed by atoms with E-state index in [1.54, 1.807) is 19.2 Å². The summed E-state index contributed by atoms with van der Waals surface area (Å²) in [4.78, 5) is 2.39. The molecule has 1 heterocycles. The lowest BCUT2D eigenvalue weighted by Crippen LogP contribution is -2.28. The lowest BCUT2D eigenvalue weighted by molar-refractivity contribution is 0.410. The van der Waals surface area contributed by atoms with E-state index < -0.39 is 0 Å². The number of ether oxygens (including phenoxy) is 1. The average molecular weight is 491 g/mol. The van der Waals surface area contributed by atoms with Crippen LogP contribution in [-0.4, -0.2) is 19.7 Å². The molecule has 4 aromatic carbocycles. The lowest BCUT2D eigenvalue weighted by Gasteiger charge is -2.25. The van der Waals surface area contributed by atoms with Gasteiger partial charge in [0.05, 0.1) is 19.6 Å². The number of methoxy groups -OCH3 is 1. The van der Waals surface area contributed by atoms with Gasteiger partial charge in [-0.3, -0.25) is 0 Å². The summed E-state index contributed by atoms with van der Waals surface area (Å²) in [5, 5.41) is 9.43. The van der Waals surface area contributed by atoms with E-state index >= 15 is 0 Å². The van der Waals surface area contributed by atoms with E-state index in [0.717, 1.165) is 47.5 Å². The molecule has 0 bridgehead atoms. The van der Waals surface area contributed by atoms with Gasteiger partial charge in [-0.15, -0.1) is 0 Å². The van der Waals surface area contributed by atoms with Gasteiger partial charge in [-0.05, 0) is 59.9 Å². The third-order valence-electron chi connectivity index (χ3n) is 7.50. The predicted octanol–water partition coefficient (Wildman–Crippen LogP) is 7.68. The van der Waals surface area contributed by atoms with Crippen molar-refractivity contribution in [3.8, 4) is 22.9 Å². The highest BCUT2D eigenvalue weighted by molar-refractivity contribution is 5.68. The van der Waals surface area contributed by atoms with Crippen LogP contribution < -0.4 is 9.64 Å². The van der Waals surface area contributed by atoms with Crippen LogP contribution in [0.4, 0.5) is 10.1 Å². The second kappa shape index (κ2) is 10.9. The first-order valence-corrected chi connectivity index (χ1v) is 12.8. The summed E-state index contributed by atoms with van der Waals surface area (Å²) in [6.07, 6.45) is 2.24. The number of hydrogen-bond donors (Lipinski definition) is 0. The second-order valence-electron chi connectivity index (χ2n) is 9.81. The third-order valence-corrected chi connectivity index (χ3v) is 7.50. The molecule has 4 aromatic rings. The molecule has 0 N–H and O–H groups in total. The Hall–Kier alpha value is -4.10. The summed E-state index contributed by atoms with van der Waals surface area (Å²) in [6.45, 7) is 2.97. The Labute approximate surface area is 218 Å². The van der Waals surface area contributed by atoms with Gasteiger partial charge in [0.1, 0.15) is 11.6 Å². The summed E-state index contributed by atoms with van der Waals surface area (Å²) < 4.78 is 20.1. The molecule has 0 unspecified atom stereocenters. The zero-order valence-electron chi connectivity index (χ0n) is 21.3. The molecule has 1 aliphatic rings. The largest absolute Gasteiger partial charge is 0.496 e. The standard InChI is InChI=1S/C33H31FN2O/c1-23-18-26(30-10-6-7-11-32(30)34)21-33(37-2)31(23)19-24-12-14-28(15-13-24)36-22-27(20-29(36)16-17-35)25-8-4-3-5-9-25/h3-15,18,21,27,29H,16,19-20,22H2,1-2H3/t27-,29+/m1/s1. The van der Waals surface area contributed by atoms with Crippen molar-refractivity contribution in [2.24, 2.45) is 0 Å².